The van der Waals surface area contributed by atoms with E-state index in [0.29, 0.717) is 17.5 Å². The largest absolute Gasteiger partial charge is 0.310 e. The number of nitrogens with one attached hydrogen (secondary N) is 1. The maximum Gasteiger partial charge on any atom is 0.123 e. The third-order valence-electron chi connectivity index (χ3n) is 4.13. The van der Waals surface area contributed by atoms with Crippen molar-refractivity contribution in [3.8, 4) is 6.07 Å². The van der Waals surface area contributed by atoms with Gasteiger partial charge in [0, 0.05) is 12.6 Å². The number of rotatable bonds is 4. The van der Waals surface area contributed by atoms with Crippen molar-refractivity contribution in [2.24, 2.45) is 0 Å². The van der Waals surface area contributed by atoms with Crippen LogP contribution in [-0.4, -0.2) is 6.04 Å². The normalized spacial score (nSPS) is 20.6. The third kappa shape index (κ3) is 3.29. The van der Waals surface area contributed by atoms with Crippen LogP contribution in [0.4, 0.5) is 4.39 Å². The first-order valence-electron chi connectivity index (χ1n) is 7.22. The number of hydrogen-bond acceptors (Lipinski definition) is 2. The van der Waals surface area contributed by atoms with Gasteiger partial charge in [0.25, 0.3) is 0 Å². The fourth-order valence-corrected chi connectivity index (χ4v) is 2.80. The van der Waals surface area contributed by atoms with Gasteiger partial charge in [-0.15, -0.1) is 0 Å². The van der Waals surface area contributed by atoms with Crippen molar-refractivity contribution in [3.63, 3.8) is 0 Å². The molecule has 3 heteroatoms. The molecule has 1 N–H and O–H groups in total. The van der Waals surface area contributed by atoms with Gasteiger partial charge in [0.1, 0.15) is 5.82 Å². The Morgan fingerprint density at radius 3 is 2.62 bits per heavy atom. The smallest absolute Gasteiger partial charge is 0.123 e. The summed E-state index contributed by atoms with van der Waals surface area (Å²) in [6.45, 7) is 0.788. The Hall–Kier alpha value is -2.18. The molecule has 0 radical (unpaired) electrons. The van der Waals surface area contributed by atoms with E-state index >= 15 is 0 Å². The van der Waals surface area contributed by atoms with E-state index < -0.39 is 0 Å². The van der Waals surface area contributed by atoms with Crippen LogP contribution in [0.2, 0.25) is 0 Å². The monoisotopic (exact) mass is 280 g/mol. The van der Waals surface area contributed by atoms with Crippen LogP contribution < -0.4 is 5.32 Å². The predicted molar refractivity (Wildman–Crippen MR) is 80.2 cm³/mol. The third-order valence-corrected chi connectivity index (χ3v) is 4.13. The van der Waals surface area contributed by atoms with Crippen LogP contribution in [0.1, 0.15) is 35.4 Å². The summed E-state index contributed by atoms with van der Waals surface area (Å²) >= 11 is 0. The molecule has 0 aliphatic heterocycles. The zero-order chi connectivity index (χ0) is 14.7. The highest BCUT2D eigenvalue weighted by Crippen LogP contribution is 2.36. The van der Waals surface area contributed by atoms with Gasteiger partial charge >= 0.3 is 0 Å². The summed E-state index contributed by atoms with van der Waals surface area (Å²) in [6.07, 6.45) is 2.17. The molecule has 0 unspecified atom stereocenters. The molecule has 0 bridgehead atoms. The molecular weight excluding hydrogens is 263 g/mol. The molecule has 2 nitrogen and oxygen atoms in total. The highest BCUT2D eigenvalue weighted by atomic mass is 19.1. The van der Waals surface area contributed by atoms with Gasteiger partial charge in [0.2, 0.25) is 0 Å². The summed E-state index contributed by atoms with van der Waals surface area (Å²) in [4.78, 5) is 0. The molecule has 0 aromatic heterocycles. The van der Waals surface area contributed by atoms with Gasteiger partial charge < -0.3 is 5.32 Å². The number of halogens is 1. The molecule has 0 spiro atoms. The summed E-state index contributed by atoms with van der Waals surface area (Å²) in [5.74, 6) is 0.360. The number of hydrogen-bond donors (Lipinski definition) is 1. The average Bonchev–Trinajstić information content (AvgIpc) is 2.47. The van der Waals surface area contributed by atoms with Crippen molar-refractivity contribution < 1.29 is 4.39 Å². The minimum Gasteiger partial charge on any atom is -0.310 e. The Kier molecular flexibility index (Phi) is 3.98. The first-order chi connectivity index (χ1) is 10.2. The van der Waals surface area contributed by atoms with Gasteiger partial charge in [-0.3, -0.25) is 0 Å². The zero-order valence-corrected chi connectivity index (χ0v) is 11.7. The lowest BCUT2D eigenvalue weighted by Gasteiger charge is -2.36. The molecule has 2 aromatic carbocycles. The molecule has 0 amide bonds. The van der Waals surface area contributed by atoms with Crippen LogP contribution in [0, 0.1) is 17.1 Å². The maximum absolute atomic E-state index is 12.9. The molecule has 0 heterocycles. The van der Waals surface area contributed by atoms with Crippen molar-refractivity contribution in [3.05, 3.63) is 71.0 Å². The van der Waals surface area contributed by atoms with Crippen molar-refractivity contribution in [1.82, 2.24) is 5.32 Å². The summed E-state index contributed by atoms with van der Waals surface area (Å²) in [6, 6.07) is 17.2. The van der Waals surface area contributed by atoms with Gasteiger partial charge in [-0.2, -0.15) is 5.26 Å². The van der Waals surface area contributed by atoms with Crippen LogP contribution in [0.15, 0.2) is 48.5 Å². The Labute approximate surface area is 124 Å². The first-order valence-corrected chi connectivity index (χ1v) is 7.22. The number of nitriles is 1. The molecule has 21 heavy (non-hydrogen) atoms. The lowest BCUT2D eigenvalue weighted by atomic mass is 9.76. The van der Waals surface area contributed by atoms with Gasteiger partial charge in [0.05, 0.1) is 11.6 Å². The Morgan fingerprint density at radius 1 is 1.14 bits per heavy atom. The SMILES string of the molecule is N#Cc1cccc(CNC2CC(c3ccc(F)cc3)C2)c1. The number of nitrogens with zero attached hydrogens (tertiary/aromatic N) is 1. The standard InChI is InChI=1S/C18H17FN2/c19-17-6-4-15(5-7-17)16-9-18(10-16)21-12-14-3-1-2-13(8-14)11-20/h1-8,16,18,21H,9-10,12H2. The summed E-state index contributed by atoms with van der Waals surface area (Å²) in [5.41, 5.74) is 3.06. The van der Waals surface area contributed by atoms with Crippen LogP contribution in [0.5, 0.6) is 0 Å². The van der Waals surface area contributed by atoms with E-state index in [1.54, 1.807) is 0 Å². The van der Waals surface area contributed by atoms with E-state index in [1.165, 1.54) is 17.7 Å². The van der Waals surface area contributed by atoms with Crippen molar-refractivity contribution >= 4 is 0 Å². The predicted octanol–water partition coefficient (Wildman–Crippen LogP) is 3.73. The first kappa shape index (κ1) is 13.8. The topological polar surface area (TPSA) is 35.8 Å². The number of benzene rings is 2. The minimum atomic E-state index is -0.176. The average molecular weight is 280 g/mol. The quantitative estimate of drug-likeness (QED) is 0.926. The second kappa shape index (κ2) is 6.07. The molecule has 1 aliphatic rings. The molecule has 1 fully saturated rings. The van der Waals surface area contributed by atoms with Crippen molar-refractivity contribution in [2.45, 2.75) is 31.3 Å². The van der Waals surface area contributed by atoms with E-state index in [4.69, 9.17) is 5.26 Å². The Morgan fingerprint density at radius 2 is 1.90 bits per heavy atom. The minimum absolute atomic E-state index is 0.176. The van der Waals surface area contributed by atoms with E-state index in [-0.39, 0.29) is 5.82 Å². The molecule has 1 saturated carbocycles. The molecule has 0 saturated heterocycles. The Balaban J connectivity index is 1.49. The van der Waals surface area contributed by atoms with Crippen LogP contribution >= 0.6 is 0 Å². The van der Waals surface area contributed by atoms with Crippen molar-refractivity contribution in [2.75, 3.05) is 0 Å². The molecule has 3 rings (SSSR count). The van der Waals surface area contributed by atoms with Gasteiger partial charge in [-0.05, 0) is 54.2 Å². The Bertz CT molecular complexity index is 652. The molecular formula is C18H17FN2. The lowest BCUT2D eigenvalue weighted by molar-refractivity contribution is 0.289. The van der Waals surface area contributed by atoms with Crippen molar-refractivity contribution in [1.29, 1.82) is 5.26 Å². The molecule has 1 aliphatic carbocycles. The van der Waals surface area contributed by atoms with E-state index in [1.807, 2.05) is 36.4 Å². The summed E-state index contributed by atoms with van der Waals surface area (Å²) in [7, 11) is 0. The molecule has 2 aromatic rings. The van der Waals surface area contributed by atoms with Crippen LogP contribution in [-0.2, 0) is 6.54 Å². The summed E-state index contributed by atoms with van der Waals surface area (Å²) in [5, 5.41) is 12.4. The van der Waals surface area contributed by atoms with E-state index in [0.717, 1.165) is 24.9 Å². The zero-order valence-electron chi connectivity index (χ0n) is 11.7. The highest BCUT2D eigenvalue weighted by Gasteiger charge is 2.29. The fraction of sp³-hybridized carbons (Fsp3) is 0.278. The second-order valence-corrected chi connectivity index (χ2v) is 5.61. The van der Waals surface area contributed by atoms with E-state index in [9.17, 15) is 4.39 Å². The maximum atomic E-state index is 12.9. The van der Waals surface area contributed by atoms with Crippen LogP contribution in [0.3, 0.4) is 0 Å². The van der Waals surface area contributed by atoms with Crippen LogP contribution in [0.25, 0.3) is 0 Å². The lowest BCUT2D eigenvalue weighted by Crippen LogP contribution is -2.39. The highest BCUT2D eigenvalue weighted by molar-refractivity contribution is 5.32. The molecule has 106 valence electrons. The van der Waals surface area contributed by atoms with Gasteiger partial charge in [-0.25, -0.2) is 4.39 Å². The van der Waals surface area contributed by atoms with Gasteiger partial charge in [0.15, 0.2) is 0 Å². The molecule has 0 atom stereocenters. The summed E-state index contributed by atoms with van der Waals surface area (Å²) < 4.78 is 12.9. The second-order valence-electron chi connectivity index (χ2n) is 5.61. The van der Waals surface area contributed by atoms with Gasteiger partial charge in [-0.1, -0.05) is 24.3 Å². The fourth-order valence-electron chi connectivity index (χ4n) is 2.80. The van der Waals surface area contributed by atoms with E-state index in [2.05, 4.69) is 11.4 Å².